The lowest BCUT2D eigenvalue weighted by Gasteiger charge is -2.30. The molecule has 0 bridgehead atoms. The molecule has 23 heavy (non-hydrogen) atoms. The van der Waals surface area contributed by atoms with Gasteiger partial charge in [0.1, 0.15) is 6.04 Å². The van der Waals surface area contributed by atoms with Crippen LogP contribution in [-0.4, -0.2) is 29.9 Å². The first kappa shape index (κ1) is 17.6. The molecule has 126 valence electrons. The van der Waals surface area contributed by atoms with Gasteiger partial charge < -0.3 is 9.64 Å². The van der Waals surface area contributed by atoms with Crippen molar-refractivity contribution in [2.24, 2.45) is 0 Å². The Labute approximate surface area is 136 Å². The molecule has 2 unspecified atom stereocenters. The third kappa shape index (κ3) is 3.44. The maximum atomic E-state index is 13.0. The second-order valence-corrected chi connectivity index (χ2v) is 5.70. The standard InChI is InChI=1S/C15H15ClF3NO3/c1-8(20-12(14(22)23-2)5-6-13(20)21)9-3-4-11(16)10(7-9)15(17,18)19/h3-4,7-8,12H,5-6H2,1-2H3. The molecule has 0 saturated carbocycles. The molecule has 1 heterocycles. The summed E-state index contributed by atoms with van der Waals surface area (Å²) in [4.78, 5) is 25.1. The number of carbonyl (C=O) groups excluding carboxylic acids is 2. The van der Waals surface area contributed by atoms with Gasteiger partial charge in [-0.3, -0.25) is 4.79 Å². The van der Waals surface area contributed by atoms with Crippen LogP contribution in [0.1, 0.15) is 36.9 Å². The van der Waals surface area contributed by atoms with Crippen LogP contribution in [0.25, 0.3) is 0 Å². The van der Waals surface area contributed by atoms with Crippen LogP contribution < -0.4 is 0 Å². The summed E-state index contributed by atoms with van der Waals surface area (Å²) < 4.78 is 43.6. The van der Waals surface area contributed by atoms with Gasteiger partial charge in [0, 0.05) is 6.42 Å². The van der Waals surface area contributed by atoms with E-state index in [1.54, 1.807) is 6.92 Å². The van der Waals surface area contributed by atoms with Gasteiger partial charge in [-0.15, -0.1) is 0 Å². The second-order valence-electron chi connectivity index (χ2n) is 5.29. The molecule has 1 aromatic carbocycles. The SMILES string of the molecule is COC(=O)C1CCC(=O)N1C(C)c1ccc(Cl)c(C(F)(F)F)c1. The lowest BCUT2D eigenvalue weighted by molar-refractivity contribution is -0.150. The third-order valence-electron chi connectivity index (χ3n) is 3.92. The molecule has 0 radical (unpaired) electrons. The Morgan fingerprint density at radius 2 is 2.09 bits per heavy atom. The van der Waals surface area contributed by atoms with Crippen molar-refractivity contribution in [1.82, 2.24) is 4.90 Å². The van der Waals surface area contributed by atoms with Gasteiger partial charge in [0.25, 0.3) is 0 Å². The predicted molar refractivity (Wildman–Crippen MR) is 76.8 cm³/mol. The third-order valence-corrected chi connectivity index (χ3v) is 4.25. The summed E-state index contributed by atoms with van der Waals surface area (Å²) in [5.41, 5.74) is -0.712. The Balaban J connectivity index is 2.37. The summed E-state index contributed by atoms with van der Waals surface area (Å²) >= 11 is 5.60. The Bertz CT molecular complexity index is 633. The highest BCUT2D eigenvalue weighted by molar-refractivity contribution is 6.31. The molecule has 0 spiro atoms. The number of amides is 1. The number of hydrogen-bond acceptors (Lipinski definition) is 3. The van der Waals surface area contributed by atoms with Crippen molar-refractivity contribution in [2.75, 3.05) is 7.11 Å². The molecule has 1 fully saturated rings. The van der Waals surface area contributed by atoms with Gasteiger partial charge in [0.2, 0.25) is 5.91 Å². The van der Waals surface area contributed by atoms with Crippen LogP contribution in [0.15, 0.2) is 18.2 Å². The van der Waals surface area contributed by atoms with E-state index in [4.69, 9.17) is 11.6 Å². The first-order valence-electron chi connectivity index (χ1n) is 6.92. The summed E-state index contributed by atoms with van der Waals surface area (Å²) in [5, 5.41) is -0.411. The predicted octanol–water partition coefficient (Wildman–Crippen LogP) is 3.58. The summed E-state index contributed by atoms with van der Waals surface area (Å²) in [5.74, 6) is -0.871. The number of alkyl halides is 3. The topological polar surface area (TPSA) is 46.6 Å². The van der Waals surface area contributed by atoms with Crippen LogP contribution in [0.5, 0.6) is 0 Å². The first-order valence-corrected chi connectivity index (χ1v) is 7.30. The smallest absolute Gasteiger partial charge is 0.417 e. The van der Waals surface area contributed by atoms with Crippen molar-refractivity contribution in [1.29, 1.82) is 0 Å². The number of hydrogen-bond donors (Lipinski definition) is 0. The minimum Gasteiger partial charge on any atom is -0.467 e. The largest absolute Gasteiger partial charge is 0.467 e. The minimum absolute atomic E-state index is 0.157. The molecule has 4 nitrogen and oxygen atoms in total. The molecule has 8 heteroatoms. The average Bonchev–Trinajstić information content (AvgIpc) is 2.86. The van der Waals surface area contributed by atoms with Crippen molar-refractivity contribution in [3.05, 3.63) is 34.3 Å². The normalized spacial score (nSPS) is 19.8. The van der Waals surface area contributed by atoms with Crippen LogP contribution in [0, 0.1) is 0 Å². The number of ether oxygens (including phenoxy) is 1. The van der Waals surface area contributed by atoms with Crippen molar-refractivity contribution >= 4 is 23.5 Å². The quantitative estimate of drug-likeness (QED) is 0.784. The first-order chi connectivity index (χ1) is 10.7. The van der Waals surface area contributed by atoms with Crippen molar-refractivity contribution in [2.45, 2.75) is 38.0 Å². The van der Waals surface area contributed by atoms with E-state index >= 15 is 0 Å². The molecular weight excluding hydrogens is 335 g/mol. The van der Waals surface area contributed by atoms with Crippen LogP contribution in [0.4, 0.5) is 13.2 Å². The van der Waals surface area contributed by atoms with E-state index in [0.717, 1.165) is 12.1 Å². The monoisotopic (exact) mass is 349 g/mol. The number of halogens is 4. The summed E-state index contributed by atoms with van der Waals surface area (Å²) in [6.45, 7) is 1.57. The number of methoxy groups -OCH3 is 1. The van der Waals surface area contributed by atoms with Crippen LogP contribution in [0.2, 0.25) is 5.02 Å². The fourth-order valence-corrected chi connectivity index (χ4v) is 2.96. The Morgan fingerprint density at radius 1 is 1.43 bits per heavy atom. The highest BCUT2D eigenvalue weighted by atomic mass is 35.5. The van der Waals surface area contributed by atoms with Crippen molar-refractivity contribution in [3.8, 4) is 0 Å². The number of nitrogens with zero attached hydrogens (tertiary/aromatic N) is 1. The minimum atomic E-state index is -4.59. The Hall–Kier alpha value is -1.76. The molecule has 1 aliphatic heterocycles. The molecule has 0 aromatic heterocycles. The molecule has 2 rings (SSSR count). The van der Waals surface area contributed by atoms with E-state index in [1.165, 1.54) is 18.1 Å². The van der Waals surface area contributed by atoms with Crippen LogP contribution >= 0.6 is 11.6 Å². The molecule has 0 aliphatic carbocycles. The summed E-state index contributed by atoms with van der Waals surface area (Å²) in [7, 11) is 1.21. The fraction of sp³-hybridized carbons (Fsp3) is 0.467. The molecule has 2 atom stereocenters. The highest BCUT2D eigenvalue weighted by Crippen LogP contribution is 2.38. The van der Waals surface area contributed by atoms with E-state index < -0.39 is 34.8 Å². The number of esters is 1. The van der Waals surface area contributed by atoms with Gasteiger partial charge >= 0.3 is 12.1 Å². The lowest BCUT2D eigenvalue weighted by Crippen LogP contribution is -2.40. The van der Waals surface area contributed by atoms with Crippen molar-refractivity contribution < 1.29 is 27.5 Å². The molecule has 0 N–H and O–H groups in total. The molecule has 1 aliphatic rings. The second kappa shape index (κ2) is 6.39. The molecular formula is C15H15ClF3NO3. The fourth-order valence-electron chi connectivity index (χ4n) is 2.74. The van der Waals surface area contributed by atoms with Gasteiger partial charge in [0.05, 0.1) is 23.7 Å². The summed E-state index contributed by atoms with van der Waals surface area (Å²) in [6.07, 6.45) is -4.15. The van der Waals surface area contributed by atoms with Gasteiger partial charge in [0.15, 0.2) is 0 Å². The molecule has 1 amide bonds. The van der Waals surface area contributed by atoms with E-state index in [0.29, 0.717) is 0 Å². The van der Waals surface area contributed by atoms with Gasteiger partial charge in [-0.25, -0.2) is 4.79 Å². The summed E-state index contributed by atoms with van der Waals surface area (Å²) in [6, 6.07) is 1.99. The van der Waals surface area contributed by atoms with Crippen LogP contribution in [-0.2, 0) is 20.5 Å². The maximum absolute atomic E-state index is 13.0. The molecule has 1 aromatic rings. The van der Waals surface area contributed by atoms with E-state index in [2.05, 4.69) is 4.74 Å². The number of carbonyl (C=O) groups is 2. The number of rotatable bonds is 3. The number of likely N-dealkylation sites (tertiary alicyclic amines) is 1. The van der Waals surface area contributed by atoms with Crippen LogP contribution in [0.3, 0.4) is 0 Å². The van der Waals surface area contributed by atoms with E-state index in [-0.39, 0.29) is 24.3 Å². The lowest BCUT2D eigenvalue weighted by atomic mass is 10.0. The maximum Gasteiger partial charge on any atom is 0.417 e. The number of benzene rings is 1. The van der Waals surface area contributed by atoms with Gasteiger partial charge in [-0.05, 0) is 31.0 Å². The average molecular weight is 350 g/mol. The van der Waals surface area contributed by atoms with Crippen molar-refractivity contribution in [3.63, 3.8) is 0 Å². The van der Waals surface area contributed by atoms with E-state index in [1.807, 2.05) is 0 Å². The zero-order valence-corrected chi connectivity index (χ0v) is 13.2. The van der Waals surface area contributed by atoms with E-state index in [9.17, 15) is 22.8 Å². The van der Waals surface area contributed by atoms with Gasteiger partial charge in [-0.2, -0.15) is 13.2 Å². The zero-order valence-electron chi connectivity index (χ0n) is 12.5. The zero-order chi connectivity index (χ0) is 17.4. The Kier molecular flexibility index (Phi) is 4.89. The Morgan fingerprint density at radius 3 is 2.65 bits per heavy atom. The highest BCUT2D eigenvalue weighted by Gasteiger charge is 2.41. The molecule has 1 saturated heterocycles. The van der Waals surface area contributed by atoms with Gasteiger partial charge in [-0.1, -0.05) is 17.7 Å².